The average Bonchev–Trinajstić information content (AvgIpc) is 3.05. The molecular weight excluding hydrogens is 222 g/mol. The predicted molar refractivity (Wildman–Crippen MR) is 73.9 cm³/mol. The van der Waals surface area contributed by atoms with E-state index in [1.54, 1.807) is 0 Å². The highest BCUT2D eigenvalue weighted by Crippen LogP contribution is 2.24. The van der Waals surface area contributed by atoms with E-state index >= 15 is 0 Å². The van der Waals surface area contributed by atoms with Crippen molar-refractivity contribution in [2.45, 2.75) is 39.3 Å². The maximum atomic E-state index is 4.56. The minimum Gasteiger partial charge on any atom is -0.353 e. The van der Waals surface area contributed by atoms with E-state index in [0.717, 1.165) is 18.2 Å². The molecule has 0 unspecified atom stereocenters. The lowest BCUT2D eigenvalue weighted by molar-refractivity contribution is 0.795. The van der Waals surface area contributed by atoms with Gasteiger partial charge < -0.3 is 9.88 Å². The van der Waals surface area contributed by atoms with Gasteiger partial charge in [-0.15, -0.1) is 0 Å². The van der Waals surface area contributed by atoms with Crippen LogP contribution >= 0.6 is 0 Å². The van der Waals surface area contributed by atoms with Gasteiger partial charge in [-0.05, 0) is 32.3 Å². The minimum absolute atomic E-state index is 0.642. The van der Waals surface area contributed by atoms with Gasteiger partial charge in [-0.1, -0.05) is 29.8 Å². The molecule has 3 rings (SSSR count). The zero-order valence-electron chi connectivity index (χ0n) is 11.0. The van der Waals surface area contributed by atoms with Crippen molar-refractivity contribution in [3.8, 4) is 0 Å². The van der Waals surface area contributed by atoms with Crippen molar-refractivity contribution in [3.63, 3.8) is 0 Å². The van der Waals surface area contributed by atoms with Crippen LogP contribution in [-0.2, 0) is 6.54 Å². The van der Waals surface area contributed by atoms with Gasteiger partial charge in [0.05, 0.1) is 12.2 Å². The molecule has 0 amide bonds. The number of hydrogen-bond acceptors (Lipinski definition) is 2. The van der Waals surface area contributed by atoms with Crippen LogP contribution in [0, 0.1) is 13.8 Å². The van der Waals surface area contributed by atoms with Crippen molar-refractivity contribution in [1.82, 2.24) is 9.55 Å². The molecule has 1 aliphatic rings. The predicted octanol–water partition coefficient (Wildman–Crippen LogP) is 3.12. The van der Waals surface area contributed by atoms with E-state index in [4.69, 9.17) is 0 Å². The minimum atomic E-state index is 0.642. The fraction of sp³-hybridized carbons (Fsp3) is 0.400. The number of nitrogens with one attached hydrogen (secondary N) is 1. The number of rotatable bonds is 4. The first-order valence-electron chi connectivity index (χ1n) is 6.56. The average molecular weight is 241 g/mol. The molecule has 0 saturated heterocycles. The van der Waals surface area contributed by atoms with E-state index in [1.165, 1.54) is 24.0 Å². The number of aryl methyl sites for hydroxylation is 2. The molecule has 1 heterocycles. The van der Waals surface area contributed by atoms with Crippen LogP contribution in [0.1, 0.15) is 29.7 Å². The van der Waals surface area contributed by atoms with Crippen molar-refractivity contribution in [1.29, 1.82) is 0 Å². The van der Waals surface area contributed by atoms with Gasteiger partial charge in [0, 0.05) is 12.2 Å². The second-order valence-corrected chi connectivity index (χ2v) is 5.24. The summed E-state index contributed by atoms with van der Waals surface area (Å²) in [7, 11) is 0. The van der Waals surface area contributed by atoms with Gasteiger partial charge in [-0.25, -0.2) is 4.98 Å². The Morgan fingerprint density at radius 1 is 1.33 bits per heavy atom. The first-order valence-corrected chi connectivity index (χ1v) is 6.56. The molecule has 1 aromatic carbocycles. The molecule has 18 heavy (non-hydrogen) atoms. The summed E-state index contributed by atoms with van der Waals surface area (Å²) in [5, 5.41) is 3.49. The van der Waals surface area contributed by atoms with E-state index in [-0.39, 0.29) is 0 Å². The third-order valence-corrected chi connectivity index (χ3v) is 3.24. The third kappa shape index (κ3) is 2.55. The molecule has 1 N–H and O–H groups in total. The zero-order chi connectivity index (χ0) is 12.5. The van der Waals surface area contributed by atoms with E-state index in [0.29, 0.717) is 6.04 Å². The number of imidazole rings is 1. The third-order valence-electron chi connectivity index (χ3n) is 3.24. The van der Waals surface area contributed by atoms with Crippen LogP contribution in [-0.4, -0.2) is 15.6 Å². The number of hydrogen-bond donors (Lipinski definition) is 1. The largest absolute Gasteiger partial charge is 0.353 e. The molecule has 0 radical (unpaired) electrons. The summed E-state index contributed by atoms with van der Waals surface area (Å²) in [5.74, 6) is 1.01. The molecule has 0 atom stereocenters. The van der Waals surface area contributed by atoms with Crippen LogP contribution in [0.25, 0.3) is 0 Å². The Kier molecular flexibility index (Phi) is 2.82. The molecule has 1 aliphatic carbocycles. The molecule has 0 aliphatic heterocycles. The van der Waals surface area contributed by atoms with Crippen LogP contribution in [0.5, 0.6) is 0 Å². The highest BCUT2D eigenvalue weighted by atomic mass is 15.2. The maximum Gasteiger partial charge on any atom is 0.203 e. The van der Waals surface area contributed by atoms with Gasteiger partial charge in [-0.3, -0.25) is 0 Å². The quantitative estimate of drug-likeness (QED) is 0.891. The van der Waals surface area contributed by atoms with E-state index in [9.17, 15) is 0 Å². The van der Waals surface area contributed by atoms with Crippen molar-refractivity contribution in [2.75, 3.05) is 5.32 Å². The maximum absolute atomic E-state index is 4.56. The number of anilines is 1. The Bertz CT molecular complexity index is 553. The van der Waals surface area contributed by atoms with Gasteiger partial charge in [-0.2, -0.15) is 0 Å². The monoisotopic (exact) mass is 241 g/mol. The summed E-state index contributed by atoms with van der Waals surface area (Å²) < 4.78 is 2.21. The lowest BCUT2D eigenvalue weighted by Gasteiger charge is -2.09. The van der Waals surface area contributed by atoms with Crippen LogP contribution < -0.4 is 5.32 Å². The summed E-state index contributed by atoms with van der Waals surface area (Å²) in [6, 6.07) is 9.29. The smallest absolute Gasteiger partial charge is 0.203 e. The lowest BCUT2D eigenvalue weighted by atomic mass is 10.1. The molecule has 94 valence electrons. The van der Waals surface area contributed by atoms with Crippen molar-refractivity contribution in [2.24, 2.45) is 0 Å². The van der Waals surface area contributed by atoms with Gasteiger partial charge in [0.1, 0.15) is 0 Å². The molecule has 1 saturated carbocycles. The van der Waals surface area contributed by atoms with Gasteiger partial charge >= 0.3 is 0 Å². The topological polar surface area (TPSA) is 29.9 Å². The summed E-state index contributed by atoms with van der Waals surface area (Å²) >= 11 is 0. The van der Waals surface area contributed by atoms with Crippen LogP contribution in [0.3, 0.4) is 0 Å². The van der Waals surface area contributed by atoms with Gasteiger partial charge in [0.15, 0.2) is 0 Å². The molecule has 3 heteroatoms. The standard InChI is InChI=1S/C15H19N3/c1-11-4-3-5-13(8-11)10-18-9-12(2)16-15(18)17-14-6-7-14/h3-5,8-9,14H,6-7,10H2,1-2H3,(H,16,17). The molecule has 2 aromatic rings. The Balaban J connectivity index is 1.82. The van der Waals surface area contributed by atoms with E-state index in [1.807, 2.05) is 6.92 Å². The van der Waals surface area contributed by atoms with Crippen molar-refractivity contribution < 1.29 is 0 Å². The van der Waals surface area contributed by atoms with Crippen molar-refractivity contribution in [3.05, 3.63) is 47.3 Å². The summed E-state index contributed by atoms with van der Waals surface area (Å²) in [6.07, 6.45) is 4.67. The fourth-order valence-electron chi connectivity index (χ4n) is 2.20. The summed E-state index contributed by atoms with van der Waals surface area (Å²) in [4.78, 5) is 4.56. The van der Waals surface area contributed by atoms with Crippen LogP contribution in [0.15, 0.2) is 30.5 Å². The van der Waals surface area contributed by atoms with Gasteiger partial charge in [0.2, 0.25) is 5.95 Å². The normalized spacial score (nSPS) is 14.8. The van der Waals surface area contributed by atoms with Gasteiger partial charge in [0.25, 0.3) is 0 Å². The first-order chi connectivity index (χ1) is 8.70. The Morgan fingerprint density at radius 2 is 2.17 bits per heavy atom. The summed E-state index contributed by atoms with van der Waals surface area (Å²) in [6.45, 7) is 5.06. The highest BCUT2D eigenvalue weighted by Gasteiger charge is 2.22. The molecule has 3 nitrogen and oxygen atoms in total. The first kappa shape index (κ1) is 11.3. The Hall–Kier alpha value is -1.77. The van der Waals surface area contributed by atoms with E-state index in [2.05, 4.69) is 52.3 Å². The molecule has 0 spiro atoms. The molecular formula is C15H19N3. The summed E-state index contributed by atoms with van der Waals surface area (Å²) in [5.41, 5.74) is 3.71. The SMILES string of the molecule is Cc1cccc(Cn2cc(C)nc2NC2CC2)c1. The van der Waals surface area contributed by atoms with E-state index < -0.39 is 0 Å². The second kappa shape index (κ2) is 4.48. The molecule has 0 bridgehead atoms. The molecule has 1 aromatic heterocycles. The number of aromatic nitrogens is 2. The number of nitrogens with zero attached hydrogens (tertiary/aromatic N) is 2. The van der Waals surface area contributed by atoms with Crippen LogP contribution in [0.4, 0.5) is 5.95 Å². The number of benzene rings is 1. The second-order valence-electron chi connectivity index (χ2n) is 5.24. The zero-order valence-corrected chi connectivity index (χ0v) is 11.0. The Labute approximate surface area is 108 Å². The lowest BCUT2D eigenvalue weighted by Crippen LogP contribution is -2.09. The molecule has 1 fully saturated rings. The Morgan fingerprint density at radius 3 is 2.89 bits per heavy atom. The fourth-order valence-corrected chi connectivity index (χ4v) is 2.20. The van der Waals surface area contributed by atoms with Crippen LogP contribution in [0.2, 0.25) is 0 Å². The van der Waals surface area contributed by atoms with Crippen molar-refractivity contribution >= 4 is 5.95 Å². The highest BCUT2D eigenvalue weighted by molar-refractivity contribution is 5.34.